The van der Waals surface area contributed by atoms with Crippen LogP contribution in [0.3, 0.4) is 0 Å². The third kappa shape index (κ3) is 2.61. The number of benzene rings is 2. The van der Waals surface area contributed by atoms with Crippen LogP contribution >= 0.6 is 11.8 Å². The van der Waals surface area contributed by atoms with Gasteiger partial charge in [0.15, 0.2) is 11.5 Å². The van der Waals surface area contributed by atoms with Gasteiger partial charge in [-0.2, -0.15) is 0 Å². The number of hydrogen-bond donors (Lipinski definition) is 1. The number of nitrogen functional groups attached to an aromatic ring is 1. The van der Waals surface area contributed by atoms with E-state index >= 15 is 0 Å². The second-order valence-electron chi connectivity index (χ2n) is 4.10. The van der Waals surface area contributed by atoms with Crippen molar-refractivity contribution in [2.75, 3.05) is 18.9 Å². The van der Waals surface area contributed by atoms with E-state index in [-0.39, 0.29) is 5.82 Å². The Labute approximate surface area is 114 Å². The summed E-state index contributed by atoms with van der Waals surface area (Å²) in [6.07, 6.45) is 0. The average Bonchev–Trinajstić information content (AvgIpc) is 2.42. The summed E-state index contributed by atoms with van der Waals surface area (Å²) in [5.41, 5.74) is 5.95. The van der Waals surface area contributed by atoms with Gasteiger partial charge in [0, 0.05) is 15.5 Å². The standard InChI is InChI=1S/C14H12FNO2S/c15-11-7-9(16)1-4-14(11)19-10-2-3-12-13(8-10)18-6-5-17-12/h1-4,7-8H,5-6,16H2. The summed E-state index contributed by atoms with van der Waals surface area (Å²) in [7, 11) is 0. The summed E-state index contributed by atoms with van der Waals surface area (Å²) in [4.78, 5) is 1.43. The van der Waals surface area contributed by atoms with Crippen molar-refractivity contribution in [1.29, 1.82) is 0 Å². The van der Waals surface area contributed by atoms with Gasteiger partial charge >= 0.3 is 0 Å². The smallest absolute Gasteiger partial charge is 0.162 e. The number of halogens is 1. The Balaban J connectivity index is 1.87. The third-order valence-corrected chi connectivity index (χ3v) is 3.74. The van der Waals surface area contributed by atoms with Crippen LogP contribution in [0.1, 0.15) is 0 Å². The maximum absolute atomic E-state index is 13.7. The van der Waals surface area contributed by atoms with Gasteiger partial charge in [-0.25, -0.2) is 4.39 Å². The molecule has 2 aromatic rings. The molecule has 0 atom stereocenters. The van der Waals surface area contributed by atoms with E-state index in [1.54, 1.807) is 12.1 Å². The van der Waals surface area contributed by atoms with E-state index < -0.39 is 0 Å². The van der Waals surface area contributed by atoms with E-state index in [4.69, 9.17) is 15.2 Å². The van der Waals surface area contributed by atoms with E-state index in [0.717, 1.165) is 10.6 Å². The largest absolute Gasteiger partial charge is 0.486 e. The molecule has 5 heteroatoms. The van der Waals surface area contributed by atoms with Gasteiger partial charge in [0.1, 0.15) is 19.0 Å². The minimum atomic E-state index is -0.320. The number of anilines is 1. The van der Waals surface area contributed by atoms with Crippen molar-refractivity contribution in [2.24, 2.45) is 0 Å². The van der Waals surface area contributed by atoms with E-state index in [2.05, 4.69) is 0 Å². The molecule has 0 unspecified atom stereocenters. The molecule has 98 valence electrons. The van der Waals surface area contributed by atoms with E-state index in [1.807, 2.05) is 18.2 Å². The summed E-state index contributed by atoms with van der Waals surface area (Å²) in [5.74, 6) is 1.11. The lowest BCUT2D eigenvalue weighted by Crippen LogP contribution is -2.15. The molecular formula is C14H12FNO2S. The molecule has 2 N–H and O–H groups in total. The van der Waals surface area contributed by atoms with Gasteiger partial charge in [-0.15, -0.1) is 0 Å². The van der Waals surface area contributed by atoms with Crippen molar-refractivity contribution in [3.63, 3.8) is 0 Å². The molecule has 0 bridgehead atoms. The fourth-order valence-corrected chi connectivity index (χ4v) is 2.66. The predicted octanol–water partition coefficient (Wildman–Crippen LogP) is 3.33. The topological polar surface area (TPSA) is 44.5 Å². The van der Waals surface area contributed by atoms with Crippen LogP contribution in [0.2, 0.25) is 0 Å². The Morgan fingerprint density at radius 1 is 1.00 bits per heavy atom. The second-order valence-corrected chi connectivity index (χ2v) is 5.21. The molecule has 1 aliphatic rings. The first-order chi connectivity index (χ1) is 9.22. The summed E-state index contributed by atoms with van der Waals surface area (Å²) >= 11 is 1.33. The first kappa shape index (κ1) is 12.2. The highest BCUT2D eigenvalue weighted by Crippen LogP contribution is 2.37. The fourth-order valence-electron chi connectivity index (χ4n) is 1.81. The van der Waals surface area contributed by atoms with Gasteiger partial charge < -0.3 is 15.2 Å². The lowest BCUT2D eigenvalue weighted by molar-refractivity contribution is 0.171. The zero-order valence-corrected chi connectivity index (χ0v) is 10.9. The van der Waals surface area contributed by atoms with Crippen molar-refractivity contribution in [1.82, 2.24) is 0 Å². The third-order valence-electron chi connectivity index (χ3n) is 2.70. The number of nitrogens with two attached hydrogens (primary N) is 1. The van der Waals surface area contributed by atoms with Crippen LogP contribution in [0.5, 0.6) is 11.5 Å². The minimum Gasteiger partial charge on any atom is -0.486 e. The zero-order chi connectivity index (χ0) is 13.2. The van der Waals surface area contributed by atoms with Gasteiger partial charge in [-0.05, 0) is 36.4 Å². The Morgan fingerprint density at radius 3 is 2.58 bits per heavy atom. The van der Waals surface area contributed by atoms with E-state index in [0.29, 0.717) is 29.5 Å². The molecule has 1 aliphatic heterocycles. The maximum Gasteiger partial charge on any atom is 0.162 e. The summed E-state index contributed by atoms with van der Waals surface area (Å²) < 4.78 is 24.7. The second kappa shape index (κ2) is 5.01. The molecule has 2 aromatic carbocycles. The van der Waals surface area contributed by atoms with Crippen molar-refractivity contribution < 1.29 is 13.9 Å². The fraction of sp³-hybridized carbons (Fsp3) is 0.143. The van der Waals surface area contributed by atoms with Gasteiger partial charge in [-0.1, -0.05) is 11.8 Å². The Kier molecular flexibility index (Phi) is 3.21. The normalized spacial score (nSPS) is 13.3. The molecule has 0 saturated carbocycles. The van der Waals surface area contributed by atoms with Crippen LogP contribution in [0.4, 0.5) is 10.1 Å². The summed E-state index contributed by atoms with van der Waals surface area (Å²) in [6.45, 7) is 1.10. The van der Waals surface area contributed by atoms with Gasteiger partial charge in [-0.3, -0.25) is 0 Å². The quantitative estimate of drug-likeness (QED) is 0.855. The van der Waals surface area contributed by atoms with Crippen LogP contribution in [-0.4, -0.2) is 13.2 Å². The lowest BCUT2D eigenvalue weighted by Gasteiger charge is -2.18. The molecule has 0 spiro atoms. The highest BCUT2D eigenvalue weighted by molar-refractivity contribution is 7.99. The van der Waals surface area contributed by atoms with Gasteiger partial charge in [0.25, 0.3) is 0 Å². The highest BCUT2D eigenvalue weighted by atomic mass is 32.2. The van der Waals surface area contributed by atoms with Crippen LogP contribution < -0.4 is 15.2 Å². The molecule has 0 aliphatic carbocycles. The molecule has 0 amide bonds. The maximum atomic E-state index is 13.7. The Morgan fingerprint density at radius 2 is 1.79 bits per heavy atom. The van der Waals surface area contributed by atoms with Crippen LogP contribution in [0.15, 0.2) is 46.2 Å². The molecule has 19 heavy (non-hydrogen) atoms. The number of ether oxygens (including phenoxy) is 2. The Bertz CT molecular complexity index is 618. The highest BCUT2D eigenvalue weighted by Gasteiger charge is 2.13. The molecule has 3 nitrogen and oxygen atoms in total. The molecular weight excluding hydrogens is 265 g/mol. The molecule has 3 rings (SSSR count). The van der Waals surface area contributed by atoms with Crippen LogP contribution in [0.25, 0.3) is 0 Å². The molecule has 1 heterocycles. The van der Waals surface area contributed by atoms with Crippen LogP contribution in [0, 0.1) is 5.82 Å². The average molecular weight is 277 g/mol. The summed E-state index contributed by atoms with van der Waals surface area (Å²) in [6, 6.07) is 10.3. The van der Waals surface area contributed by atoms with Gasteiger partial charge in [0.2, 0.25) is 0 Å². The molecule has 0 saturated heterocycles. The lowest BCUT2D eigenvalue weighted by atomic mass is 10.3. The minimum absolute atomic E-state index is 0.320. The first-order valence-corrected chi connectivity index (χ1v) is 6.66. The predicted molar refractivity (Wildman–Crippen MR) is 72.4 cm³/mol. The number of fused-ring (bicyclic) bond motifs is 1. The van der Waals surface area contributed by atoms with Gasteiger partial charge in [0.05, 0.1) is 0 Å². The van der Waals surface area contributed by atoms with Crippen LogP contribution in [-0.2, 0) is 0 Å². The molecule has 0 aromatic heterocycles. The van der Waals surface area contributed by atoms with E-state index in [1.165, 1.54) is 17.8 Å². The Hall–Kier alpha value is -1.88. The monoisotopic (exact) mass is 277 g/mol. The summed E-state index contributed by atoms with van der Waals surface area (Å²) in [5, 5.41) is 0. The SMILES string of the molecule is Nc1ccc(Sc2ccc3c(c2)OCCO3)c(F)c1. The van der Waals surface area contributed by atoms with Crippen molar-refractivity contribution in [2.45, 2.75) is 9.79 Å². The number of hydrogen-bond acceptors (Lipinski definition) is 4. The first-order valence-electron chi connectivity index (χ1n) is 5.85. The van der Waals surface area contributed by atoms with Crippen molar-refractivity contribution in [3.05, 3.63) is 42.2 Å². The zero-order valence-electron chi connectivity index (χ0n) is 10.1. The molecule has 0 radical (unpaired) electrons. The van der Waals surface area contributed by atoms with Crippen molar-refractivity contribution in [3.8, 4) is 11.5 Å². The number of rotatable bonds is 2. The van der Waals surface area contributed by atoms with Crippen molar-refractivity contribution >= 4 is 17.4 Å². The van der Waals surface area contributed by atoms with E-state index in [9.17, 15) is 4.39 Å². The molecule has 0 fully saturated rings.